The van der Waals surface area contributed by atoms with E-state index in [2.05, 4.69) is 91.1 Å². The van der Waals surface area contributed by atoms with Gasteiger partial charge in [0.25, 0.3) is 0 Å². The normalized spacial score (nSPS) is 15.3. The topological polar surface area (TPSA) is 661 Å². The van der Waals surface area contributed by atoms with Crippen molar-refractivity contribution < 1.29 is 67.7 Å². The Morgan fingerprint density at radius 3 is 0.971 bits per heavy atom. The number of hydrogen-bond donors (Lipinski definition) is 23. The number of carboxylic acids is 1. The molecule has 11 amide bonds. The number of carboxylic acid groups (broad SMARTS) is 1. The van der Waals surface area contributed by atoms with Gasteiger partial charge in [-0.3, -0.25) is 72.7 Å². The number of nitrogens with two attached hydrogens (primary N) is 9. The number of carbonyl (C=O) groups is 12. The molecule has 0 unspecified atom stereocenters. The summed E-state index contributed by atoms with van der Waals surface area (Å²) >= 11 is 4.21. The minimum absolute atomic E-state index is 0.000834. The van der Waals surface area contributed by atoms with Gasteiger partial charge in [0.2, 0.25) is 65.0 Å². The standard InChI is InChI=1S/C63H120N24O14S/c1-13-34(11)46(57(98)78-38(21-17-25-75-62(69)70)49(90)83-43(31(5)6)54(95)82-42(29-102)53(94)79-39(59(100)101)22-18-26-76-63(71)72)87-56(97)45(33(9)10)84-55(96)44(32(7)8)85-58(99)47(35(12)14-2)86-50(91)37(20-16-24-74-61(67)68)77-52(93)41(28-88)81-51(92)40(27-30(3)4)80-48(89)36(64)19-15-23-73-60(65)66/h30-47,88,102H,13-29,64H2,1-12H3,(H,77,93)(H,78,98)(H,79,94)(H,80,89)(H,81,92)(H,82,95)(H,83,90)(H,84,96)(H,85,99)(H,86,91)(H,87,97)(H,100,101)(H4,65,66,73)(H4,67,68,74)(H4,69,70,75)(H4,71,72,76)/t34-,35-,36-,37-,38-,39-,40-,41-,42-,43-,44-,45-,46-,47-/m0/s1. The van der Waals surface area contributed by atoms with Crippen LogP contribution in [0.5, 0.6) is 0 Å². The molecule has 582 valence electrons. The second-order valence-electron chi connectivity index (χ2n) is 26.5. The molecule has 0 saturated heterocycles. The van der Waals surface area contributed by atoms with Gasteiger partial charge in [-0.05, 0) is 93.3 Å². The summed E-state index contributed by atoms with van der Waals surface area (Å²) < 4.78 is 0. The molecular weight excluding hydrogens is 1350 g/mol. The van der Waals surface area contributed by atoms with Gasteiger partial charge in [-0.15, -0.1) is 0 Å². The molecule has 0 heterocycles. The second-order valence-corrected chi connectivity index (χ2v) is 26.9. The summed E-state index contributed by atoms with van der Waals surface area (Å²) in [5, 5.41) is 49.0. The van der Waals surface area contributed by atoms with Crippen LogP contribution in [0.15, 0.2) is 20.0 Å². The number of hydrogen-bond acceptors (Lipinski definition) is 19. The van der Waals surface area contributed by atoms with Crippen molar-refractivity contribution in [2.75, 3.05) is 38.5 Å². The van der Waals surface area contributed by atoms with Crippen molar-refractivity contribution in [2.45, 2.75) is 226 Å². The van der Waals surface area contributed by atoms with Crippen molar-refractivity contribution in [2.24, 2.45) is 107 Å². The predicted octanol–water partition coefficient (Wildman–Crippen LogP) is -6.03. The van der Waals surface area contributed by atoms with Gasteiger partial charge in [0, 0.05) is 31.9 Å². The molecule has 31 N–H and O–H groups in total. The molecule has 102 heavy (non-hydrogen) atoms. The number of nitrogens with zero attached hydrogens (tertiary/aromatic N) is 4. The average Bonchev–Trinajstić information content (AvgIpc) is 0.847. The fraction of sp³-hybridized carbons (Fsp3) is 0.746. The molecule has 39 heteroatoms. The third-order valence-corrected chi connectivity index (χ3v) is 16.7. The van der Waals surface area contributed by atoms with E-state index < -0.39 is 180 Å². The van der Waals surface area contributed by atoms with Crippen molar-refractivity contribution in [3.8, 4) is 0 Å². The van der Waals surface area contributed by atoms with Crippen LogP contribution in [0.3, 0.4) is 0 Å². The summed E-state index contributed by atoms with van der Waals surface area (Å²) in [5.41, 5.74) is 49.7. The summed E-state index contributed by atoms with van der Waals surface area (Å²) in [6.45, 7) is 19.5. The molecule has 0 radical (unpaired) electrons. The lowest BCUT2D eigenvalue weighted by Gasteiger charge is -2.32. The Kier molecular flexibility index (Phi) is 44.4. The van der Waals surface area contributed by atoms with E-state index >= 15 is 0 Å². The molecule has 0 aliphatic heterocycles. The zero-order valence-electron chi connectivity index (χ0n) is 61.1. The second kappa shape index (κ2) is 48.8. The lowest BCUT2D eigenvalue weighted by atomic mass is 9.94. The highest BCUT2D eigenvalue weighted by Crippen LogP contribution is 2.17. The molecule has 14 atom stereocenters. The monoisotopic (exact) mass is 1470 g/mol. The van der Waals surface area contributed by atoms with Gasteiger partial charge in [0.1, 0.15) is 66.5 Å². The number of carbonyl (C=O) groups excluding carboxylic acids is 11. The SMILES string of the molecule is CC[C@H](C)[C@H](NC(=O)[C@H](CCCN=C(N)N)NC(=O)[C@H](CO)NC(=O)[C@H](CC(C)C)NC(=O)[C@@H](N)CCCN=C(N)N)C(=O)N[C@H](C(=O)N[C@H](C(=O)N[C@H](C(=O)N[C@@H](CCCN=C(N)N)C(=O)N[C@H](C(=O)N[C@@H](CS)C(=O)N[C@@H](CCCN=C(N)N)C(=O)O)C(C)C)[C@@H](C)CC)C(C)C)C(C)C. The van der Waals surface area contributed by atoms with Crippen LogP contribution < -0.4 is 110 Å². The van der Waals surface area contributed by atoms with Crippen LogP contribution in [-0.2, 0) is 57.5 Å². The first-order chi connectivity index (χ1) is 47.7. The molecule has 0 spiro atoms. The highest BCUT2D eigenvalue weighted by atomic mass is 32.1. The number of guanidine groups is 4. The molecule has 0 aromatic heterocycles. The molecule has 0 fully saturated rings. The van der Waals surface area contributed by atoms with E-state index in [-0.39, 0.29) is 113 Å². The van der Waals surface area contributed by atoms with Crippen LogP contribution in [0.4, 0.5) is 0 Å². The number of aliphatic hydroxyl groups is 1. The summed E-state index contributed by atoms with van der Waals surface area (Å²) in [4.78, 5) is 183. The van der Waals surface area contributed by atoms with Gasteiger partial charge in [-0.25, -0.2) is 4.79 Å². The Bertz CT molecular complexity index is 2850. The van der Waals surface area contributed by atoms with E-state index in [1.165, 1.54) is 0 Å². The zero-order valence-corrected chi connectivity index (χ0v) is 62.0. The van der Waals surface area contributed by atoms with Crippen LogP contribution in [0.25, 0.3) is 0 Å². The zero-order chi connectivity index (χ0) is 78.3. The lowest BCUT2D eigenvalue weighted by Crippen LogP contribution is -2.63. The van der Waals surface area contributed by atoms with Gasteiger partial charge in [-0.1, -0.05) is 95.9 Å². The number of aliphatic hydroxyl groups excluding tert-OH is 1. The van der Waals surface area contributed by atoms with E-state index in [4.69, 9.17) is 51.6 Å². The highest BCUT2D eigenvalue weighted by Gasteiger charge is 2.40. The number of thiol groups is 1. The Morgan fingerprint density at radius 2 is 0.618 bits per heavy atom. The first-order valence-corrected chi connectivity index (χ1v) is 35.1. The summed E-state index contributed by atoms with van der Waals surface area (Å²) in [6, 6.07) is -16.3. The van der Waals surface area contributed by atoms with E-state index in [0.29, 0.717) is 19.3 Å². The van der Waals surface area contributed by atoms with E-state index in [0.717, 1.165) is 0 Å². The van der Waals surface area contributed by atoms with Crippen LogP contribution in [0, 0.1) is 35.5 Å². The van der Waals surface area contributed by atoms with Crippen molar-refractivity contribution in [3.05, 3.63) is 0 Å². The Labute approximate surface area is 603 Å². The first-order valence-electron chi connectivity index (χ1n) is 34.4. The Morgan fingerprint density at radius 1 is 0.353 bits per heavy atom. The minimum atomic E-state index is -1.66. The molecule has 0 aliphatic rings. The van der Waals surface area contributed by atoms with Gasteiger partial charge >= 0.3 is 5.97 Å². The maximum absolute atomic E-state index is 14.5. The van der Waals surface area contributed by atoms with Gasteiger partial charge in [-0.2, -0.15) is 12.6 Å². The van der Waals surface area contributed by atoms with Gasteiger partial charge < -0.3 is 120 Å². The molecule has 38 nitrogen and oxygen atoms in total. The number of amides is 11. The van der Waals surface area contributed by atoms with Gasteiger partial charge in [0.05, 0.1) is 12.6 Å². The minimum Gasteiger partial charge on any atom is -0.480 e. The Balaban J connectivity index is 6.93. The van der Waals surface area contributed by atoms with Crippen LogP contribution in [0.1, 0.15) is 154 Å². The molecule has 0 bridgehead atoms. The Hall–Kier alpha value is -9.01. The summed E-state index contributed by atoms with van der Waals surface area (Å²) in [6.07, 6.45) is 1.35. The molecule has 0 rings (SSSR count). The maximum Gasteiger partial charge on any atom is 0.326 e. The molecule has 0 saturated carbocycles. The smallest absolute Gasteiger partial charge is 0.326 e. The number of aliphatic carboxylic acids is 1. The van der Waals surface area contributed by atoms with E-state index in [1.54, 1.807) is 83.1 Å². The van der Waals surface area contributed by atoms with E-state index in [1.807, 2.05) is 0 Å². The first kappa shape index (κ1) is 93.0. The van der Waals surface area contributed by atoms with Crippen molar-refractivity contribution in [1.82, 2.24) is 58.5 Å². The van der Waals surface area contributed by atoms with Crippen molar-refractivity contribution in [3.63, 3.8) is 0 Å². The quantitative estimate of drug-likeness (QED) is 0.0117. The number of aliphatic imine (C=N–C) groups is 4. The van der Waals surface area contributed by atoms with Crippen molar-refractivity contribution in [1.29, 1.82) is 0 Å². The van der Waals surface area contributed by atoms with Crippen LogP contribution >= 0.6 is 12.6 Å². The van der Waals surface area contributed by atoms with Crippen LogP contribution in [-0.4, -0.2) is 216 Å². The summed E-state index contributed by atoms with van der Waals surface area (Å²) in [7, 11) is 0. The summed E-state index contributed by atoms with van der Waals surface area (Å²) in [5.74, 6) is -15.1. The third kappa shape index (κ3) is 36.0. The van der Waals surface area contributed by atoms with Gasteiger partial charge in [0.15, 0.2) is 23.8 Å². The highest BCUT2D eigenvalue weighted by molar-refractivity contribution is 7.80. The molecule has 0 aliphatic carbocycles. The maximum atomic E-state index is 14.5. The third-order valence-electron chi connectivity index (χ3n) is 16.3. The van der Waals surface area contributed by atoms with Crippen molar-refractivity contribution >= 4 is 107 Å². The fourth-order valence-corrected chi connectivity index (χ4v) is 10.2. The number of nitrogens with one attached hydrogen (secondary N) is 11. The largest absolute Gasteiger partial charge is 0.480 e. The molecular formula is C63H120N24O14S. The van der Waals surface area contributed by atoms with Crippen LogP contribution in [0.2, 0.25) is 0 Å². The number of rotatable bonds is 50. The molecule has 0 aromatic carbocycles. The molecule has 0 aromatic rings. The van der Waals surface area contributed by atoms with E-state index in [9.17, 15) is 67.7 Å². The average molecular weight is 1470 g/mol. The fourth-order valence-electron chi connectivity index (χ4n) is 9.91. The lowest BCUT2D eigenvalue weighted by molar-refractivity contribution is -0.142. The predicted molar refractivity (Wildman–Crippen MR) is 390 cm³/mol.